The van der Waals surface area contributed by atoms with Crippen molar-refractivity contribution in [1.82, 2.24) is 0 Å². The van der Waals surface area contributed by atoms with E-state index in [1.807, 2.05) is 39.8 Å². The van der Waals surface area contributed by atoms with E-state index in [-0.39, 0.29) is 5.75 Å². The van der Waals surface area contributed by atoms with E-state index >= 15 is 0 Å². The van der Waals surface area contributed by atoms with Gasteiger partial charge in [-0.05, 0) is 57.4 Å². The van der Waals surface area contributed by atoms with Crippen LogP contribution in [0.5, 0.6) is 17.2 Å². The van der Waals surface area contributed by atoms with E-state index in [9.17, 15) is 4.39 Å². The van der Waals surface area contributed by atoms with E-state index in [0.717, 1.165) is 5.46 Å². The summed E-state index contributed by atoms with van der Waals surface area (Å²) in [6, 6.07) is 11.8. The maximum Gasteiger partial charge on any atom is 0.494 e. The summed E-state index contributed by atoms with van der Waals surface area (Å²) >= 11 is 0. The van der Waals surface area contributed by atoms with Crippen LogP contribution in [0.1, 0.15) is 27.7 Å². The molecule has 1 heterocycles. The first-order valence-electron chi connectivity index (χ1n) is 8.19. The number of hydrogen-bond donors (Lipinski definition) is 0. The largest absolute Gasteiger partial charge is 0.494 e. The summed E-state index contributed by atoms with van der Waals surface area (Å²) in [5.74, 6) is 0.432. The van der Waals surface area contributed by atoms with Gasteiger partial charge in [0.15, 0.2) is 11.6 Å². The predicted octanol–water partition coefficient (Wildman–Crippen LogP) is 3.93. The number of ether oxygens (including phenoxy) is 2. The zero-order chi connectivity index (χ0) is 18.2. The van der Waals surface area contributed by atoms with Gasteiger partial charge in [0.05, 0.1) is 18.3 Å². The van der Waals surface area contributed by atoms with Crippen molar-refractivity contribution in [2.24, 2.45) is 0 Å². The molecule has 0 amide bonds. The standard InChI is InChI=1S/C19H22BFO4/c1-18(2)19(3,4)25-20(24-18)13-9-11-14(12-10-13)23-17-15(21)7-6-8-16(17)22-5/h6-12H,1-5H3. The number of benzene rings is 2. The average Bonchev–Trinajstić information content (AvgIpc) is 2.78. The normalized spacial score (nSPS) is 18.2. The lowest BCUT2D eigenvalue weighted by Gasteiger charge is -2.32. The highest BCUT2D eigenvalue weighted by molar-refractivity contribution is 6.62. The third-order valence-corrected chi connectivity index (χ3v) is 4.78. The van der Waals surface area contributed by atoms with Gasteiger partial charge in [0, 0.05) is 0 Å². The van der Waals surface area contributed by atoms with Crippen LogP contribution in [0.2, 0.25) is 0 Å². The van der Waals surface area contributed by atoms with E-state index in [1.165, 1.54) is 13.2 Å². The van der Waals surface area contributed by atoms with Gasteiger partial charge in [-0.3, -0.25) is 0 Å². The summed E-state index contributed by atoms with van der Waals surface area (Å²) in [6.07, 6.45) is 0. The summed E-state index contributed by atoms with van der Waals surface area (Å²) in [6.45, 7) is 8.04. The third-order valence-electron chi connectivity index (χ3n) is 4.78. The molecule has 6 heteroatoms. The second-order valence-electron chi connectivity index (χ2n) is 7.03. The molecule has 2 aromatic rings. The molecule has 0 bridgehead atoms. The minimum atomic E-state index is -0.477. The Kier molecular flexibility index (Phi) is 4.52. The van der Waals surface area contributed by atoms with Crippen LogP contribution in [0.4, 0.5) is 4.39 Å². The first kappa shape index (κ1) is 17.8. The fraction of sp³-hybridized carbons (Fsp3) is 0.368. The smallest absolute Gasteiger partial charge is 0.493 e. The Morgan fingerprint density at radius 3 is 2.08 bits per heavy atom. The highest BCUT2D eigenvalue weighted by atomic mass is 19.1. The van der Waals surface area contributed by atoms with Crippen LogP contribution in [-0.2, 0) is 9.31 Å². The molecule has 132 valence electrons. The fourth-order valence-corrected chi connectivity index (χ4v) is 2.54. The van der Waals surface area contributed by atoms with Gasteiger partial charge in [-0.15, -0.1) is 0 Å². The summed E-state index contributed by atoms with van der Waals surface area (Å²) < 4.78 is 36.8. The molecule has 0 aromatic heterocycles. The molecule has 3 rings (SSSR count). The maximum atomic E-state index is 14.0. The zero-order valence-corrected chi connectivity index (χ0v) is 15.1. The van der Waals surface area contributed by atoms with Crippen LogP contribution in [-0.4, -0.2) is 25.4 Å². The van der Waals surface area contributed by atoms with Gasteiger partial charge in [0.25, 0.3) is 0 Å². The summed E-state index contributed by atoms with van der Waals surface area (Å²) in [4.78, 5) is 0. The molecule has 1 aliphatic heterocycles. The van der Waals surface area contributed by atoms with Crippen molar-refractivity contribution in [3.8, 4) is 17.2 Å². The zero-order valence-electron chi connectivity index (χ0n) is 15.1. The molecule has 1 fully saturated rings. The first-order valence-corrected chi connectivity index (χ1v) is 8.19. The molecule has 0 unspecified atom stereocenters. The quantitative estimate of drug-likeness (QED) is 0.788. The van der Waals surface area contributed by atoms with Crippen LogP contribution in [0, 0.1) is 5.82 Å². The average molecular weight is 344 g/mol. The molecule has 1 aliphatic rings. The van der Waals surface area contributed by atoms with Crippen LogP contribution in [0.3, 0.4) is 0 Å². The first-order chi connectivity index (χ1) is 11.7. The van der Waals surface area contributed by atoms with Gasteiger partial charge >= 0.3 is 7.12 Å². The number of rotatable bonds is 4. The van der Waals surface area contributed by atoms with Gasteiger partial charge in [-0.2, -0.15) is 0 Å². The van der Waals surface area contributed by atoms with Crippen molar-refractivity contribution in [2.45, 2.75) is 38.9 Å². The molecule has 0 spiro atoms. The molecule has 0 radical (unpaired) electrons. The van der Waals surface area contributed by atoms with E-state index in [2.05, 4.69) is 0 Å². The molecular weight excluding hydrogens is 322 g/mol. The van der Waals surface area contributed by atoms with Crippen LogP contribution >= 0.6 is 0 Å². The minimum Gasteiger partial charge on any atom is -0.493 e. The fourth-order valence-electron chi connectivity index (χ4n) is 2.54. The Morgan fingerprint density at radius 2 is 1.52 bits per heavy atom. The van der Waals surface area contributed by atoms with Gasteiger partial charge < -0.3 is 18.8 Å². The Morgan fingerprint density at radius 1 is 0.920 bits per heavy atom. The van der Waals surface area contributed by atoms with E-state index in [0.29, 0.717) is 11.5 Å². The van der Waals surface area contributed by atoms with E-state index < -0.39 is 24.1 Å². The van der Waals surface area contributed by atoms with Crippen molar-refractivity contribution in [3.63, 3.8) is 0 Å². The van der Waals surface area contributed by atoms with Crippen LogP contribution < -0.4 is 14.9 Å². The third kappa shape index (κ3) is 3.37. The molecule has 2 aromatic carbocycles. The Hall–Kier alpha value is -2.05. The Balaban J connectivity index is 1.78. The Bertz CT molecular complexity index is 743. The minimum absolute atomic E-state index is 0.0633. The monoisotopic (exact) mass is 344 g/mol. The maximum absolute atomic E-state index is 14.0. The number of methoxy groups -OCH3 is 1. The van der Waals surface area contributed by atoms with Gasteiger partial charge in [0.1, 0.15) is 5.75 Å². The summed E-state index contributed by atoms with van der Waals surface area (Å²) in [5.41, 5.74) is 0.0901. The number of hydrogen-bond acceptors (Lipinski definition) is 4. The van der Waals surface area contributed by atoms with Crippen molar-refractivity contribution in [2.75, 3.05) is 7.11 Å². The van der Waals surface area contributed by atoms with Gasteiger partial charge in [-0.25, -0.2) is 4.39 Å². The predicted molar refractivity (Wildman–Crippen MR) is 95.2 cm³/mol. The molecule has 25 heavy (non-hydrogen) atoms. The summed E-state index contributed by atoms with van der Waals surface area (Å²) in [7, 11) is 1.03. The topological polar surface area (TPSA) is 36.9 Å². The molecule has 4 nitrogen and oxygen atoms in total. The molecule has 1 saturated heterocycles. The highest BCUT2D eigenvalue weighted by Crippen LogP contribution is 2.37. The number of para-hydroxylation sites is 1. The van der Waals surface area contributed by atoms with Crippen molar-refractivity contribution < 1.29 is 23.2 Å². The van der Waals surface area contributed by atoms with Crippen molar-refractivity contribution in [1.29, 1.82) is 0 Å². The highest BCUT2D eigenvalue weighted by Gasteiger charge is 2.51. The summed E-state index contributed by atoms with van der Waals surface area (Å²) in [5, 5.41) is 0. The van der Waals surface area contributed by atoms with E-state index in [4.69, 9.17) is 18.8 Å². The lowest BCUT2D eigenvalue weighted by Crippen LogP contribution is -2.41. The second kappa shape index (κ2) is 6.35. The van der Waals surface area contributed by atoms with Crippen LogP contribution in [0.25, 0.3) is 0 Å². The molecular formula is C19H22BFO4. The van der Waals surface area contributed by atoms with Crippen LogP contribution in [0.15, 0.2) is 42.5 Å². The number of halogens is 1. The van der Waals surface area contributed by atoms with Crippen molar-refractivity contribution >= 4 is 12.6 Å². The van der Waals surface area contributed by atoms with Gasteiger partial charge in [-0.1, -0.05) is 18.2 Å². The molecule has 0 atom stereocenters. The van der Waals surface area contributed by atoms with Crippen molar-refractivity contribution in [3.05, 3.63) is 48.3 Å². The second-order valence-corrected chi connectivity index (χ2v) is 7.03. The molecule has 0 aliphatic carbocycles. The Labute approximate surface area is 148 Å². The lowest BCUT2D eigenvalue weighted by atomic mass is 9.79. The SMILES string of the molecule is COc1cccc(F)c1Oc1ccc(B2OC(C)(C)C(C)(C)O2)cc1. The molecule has 0 saturated carbocycles. The van der Waals surface area contributed by atoms with E-state index in [1.54, 1.807) is 24.3 Å². The van der Waals surface area contributed by atoms with Gasteiger partial charge in [0.2, 0.25) is 5.75 Å². The lowest BCUT2D eigenvalue weighted by molar-refractivity contribution is 0.00578. The molecule has 0 N–H and O–H groups in total.